The Balaban J connectivity index is 2.65. The van der Waals surface area contributed by atoms with Crippen molar-refractivity contribution in [2.45, 2.75) is 11.8 Å². The van der Waals surface area contributed by atoms with Crippen LogP contribution in [0.5, 0.6) is 5.75 Å². The second kappa shape index (κ2) is 6.25. The predicted octanol–water partition coefficient (Wildman–Crippen LogP) is 3.97. The fourth-order valence-corrected chi connectivity index (χ4v) is 1.66. The summed E-state index contributed by atoms with van der Waals surface area (Å²) in [6.45, 7) is 0.0510. The molecule has 1 aromatic carbocycles. The lowest BCUT2D eigenvalue weighted by atomic mass is 10.2. The molecular formula is C10H11BrClFO. The number of alkyl halides is 2. The molecule has 0 saturated heterocycles. The molecule has 1 rings (SSSR count). The molecule has 1 aromatic rings. The van der Waals surface area contributed by atoms with Crippen LogP contribution < -0.4 is 4.74 Å². The molecule has 0 saturated carbocycles. The summed E-state index contributed by atoms with van der Waals surface area (Å²) in [5.41, 5.74) is 0.983. The van der Waals surface area contributed by atoms with Gasteiger partial charge in [0.25, 0.3) is 0 Å². The molecule has 0 bridgehead atoms. The Kier molecular flexibility index (Phi) is 5.26. The van der Waals surface area contributed by atoms with Crippen LogP contribution in [-0.4, -0.2) is 13.3 Å². The predicted molar refractivity (Wildman–Crippen MR) is 60.2 cm³/mol. The van der Waals surface area contributed by atoms with Gasteiger partial charge in [0.1, 0.15) is 5.75 Å². The molecule has 0 amide bonds. The third-order valence-corrected chi connectivity index (χ3v) is 2.54. The maximum absolute atomic E-state index is 11.8. The molecule has 0 unspecified atom stereocenters. The first kappa shape index (κ1) is 11.8. The lowest BCUT2D eigenvalue weighted by Crippen LogP contribution is -2.00. The van der Waals surface area contributed by atoms with Gasteiger partial charge in [-0.3, -0.25) is 4.39 Å². The third kappa shape index (κ3) is 3.46. The smallest absolute Gasteiger partial charge is 0.123 e. The summed E-state index contributed by atoms with van der Waals surface area (Å²) in [5, 5.41) is 1.36. The van der Waals surface area contributed by atoms with Crippen LogP contribution in [0.15, 0.2) is 18.2 Å². The van der Waals surface area contributed by atoms with Crippen LogP contribution in [0.1, 0.15) is 12.0 Å². The fourth-order valence-electron chi connectivity index (χ4n) is 1.03. The average Bonchev–Trinajstić information content (AvgIpc) is 2.20. The molecule has 14 heavy (non-hydrogen) atoms. The molecule has 0 N–H and O–H groups in total. The van der Waals surface area contributed by atoms with Gasteiger partial charge in [0.15, 0.2) is 0 Å². The van der Waals surface area contributed by atoms with Crippen LogP contribution in [0, 0.1) is 0 Å². The molecule has 0 spiro atoms. The quantitative estimate of drug-likeness (QED) is 0.586. The van der Waals surface area contributed by atoms with Gasteiger partial charge in [-0.05, 0) is 18.2 Å². The van der Waals surface area contributed by atoms with E-state index in [0.29, 0.717) is 23.4 Å². The highest BCUT2D eigenvalue weighted by atomic mass is 79.9. The van der Waals surface area contributed by atoms with Crippen LogP contribution in [0.3, 0.4) is 0 Å². The molecule has 0 fully saturated rings. The monoisotopic (exact) mass is 280 g/mol. The number of ether oxygens (including phenoxy) is 1. The Bertz CT molecular complexity index is 293. The van der Waals surface area contributed by atoms with Gasteiger partial charge in [-0.2, -0.15) is 0 Å². The highest BCUT2D eigenvalue weighted by molar-refractivity contribution is 9.08. The van der Waals surface area contributed by atoms with Gasteiger partial charge in [0.2, 0.25) is 0 Å². The molecule has 0 aromatic heterocycles. The van der Waals surface area contributed by atoms with Gasteiger partial charge in [-0.25, -0.2) is 0 Å². The molecule has 0 aliphatic rings. The minimum Gasteiger partial charge on any atom is -0.493 e. The van der Waals surface area contributed by atoms with Crippen molar-refractivity contribution >= 4 is 27.5 Å². The van der Waals surface area contributed by atoms with Crippen molar-refractivity contribution in [3.8, 4) is 5.75 Å². The maximum Gasteiger partial charge on any atom is 0.123 e. The molecule has 0 aliphatic carbocycles. The summed E-state index contributed by atoms with van der Waals surface area (Å²) in [6.07, 6.45) is 0.421. The van der Waals surface area contributed by atoms with E-state index in [0.717, 1.165) is 11.3 Å². The molecule has 78 valence electrons. The second-order valence-corrected chi connectivity index (χ2v) is 3.77. The summed E-state index contributed by atoms with van der Waals surface area (Å²) in [4.78, 5) is 0. The third-order valence-electron chi connectivity index (χ3n) is 1.70. The standard InChI is InChI=1S/C10H11BrClFO/c11-7-8-6-9(12)2-3-10(8)14-5-1-4-13/h2-3,6H,1,4-5,7H2. The summed E-state index contributed by atoms with van der Waals surface area (Å²) >= 11 is 9.16. The van der Waals surface area contributed by atoms with Gasteiger partial charge in [-0.1, -0.05) is 27.5 Å². The minimum absolute atomic E-state index is 0.350. The minimum atomic E-state index is -0.350. The molecule has 0 aliphatic heterocycles. The van der Waals surface area contributed by atoms with Crippen molar-refractivity contribution in [2.24, 2.45) is 0 Å². The molecule has 0 heterocycles. The largest absolute Gasteiger partial charge is 0.493 e. The first-order valence-electron chi connectivity index (χ1n) is 4.31. The van der Waals surface area contributed by atoms with E-state index >= 15 is 0 Å². The van der Waals surface area contributed by atoms with Crippen molar-refractivity contribution in [1.29, 1.82) is 0 Å². The number of hydrogen-bond acceptors (Lipinski definition) is 1. The van der Waals surface area contributed by atoms with Gasteiger partial charge in [0, 0.05) is 22.3 Å². The zero-order valence-corrected chi connectivity index (χ0v) is 9.94. The average molecular weight is 282 g/mol. The lowest BCUT2D eigenvalue weighted by Gasteiger charge is -2.09. The Morgan fingerprint density at radius 2 is 2.21 bits per heavy atom. The number of halogens is 3. The molecule has 0 atom stereocenters. The molecular weight excluding hydrogens is 270 g/mol. The van der Waals surface area contributed by atoms with E-state index in [9.17, 15) is 4.39 Å². The zero-order valence-electron chi connectivity index (χ0n) is 7.60. The Hall–Kier alpha value is -0.280. The molecule has 1 nitrogen and oxygen atoms in total. The Morgan fingerprint density at radius 3 is 2.86 bits per heavy atom. The highest BCUT2D eigenvalue weighted by Gasteiger charge is 2.02. The van der Waals surface area contributed by atoms with E-state index in [1.807, 2.05) is 6.07 Å². The fraction of sp³-hybridized carbons (Fsp3) is 0.400. The van der Waals surface area contributed by atoms with Crippen molar-refractivity contribution in [3.63, 3.8) is 0 Å². The number of hydrogen-bond donors (Lipinski definition) is 0. The normalized spacial score (nSPS) is 10.2. The van der Waals surface area contributed by atoms with E-state index < -0.39 is 0 Å². The second-order valence-electron chi connectivity index (χ2n) is 2.78. The topological polar surface area (TPSA) is 9.23 Å². The van der Waals surface area contributed by atoms with Crippen molar-refractivity contribution in [2.75, 3.05) is 13.3 Å². The van der Waals surface area contributed by atoms with Crippen LogP contribution in [0.4, 0.5) is 4.39 Å². The van der Waals surface area contributed by atoms with Gasteiger partial charge in [-0.15, -0.1) is 0 Å². The Labute approximate surface area is 96.3 Å². The SMILES string of the molecule is FCCCOc1ccc(Cl)cc1CBr. The number of rotatable bonds is 5. The maximum atomic E-state index is 11.8. The first-order valence-corrected chi connectivity index (χ1v) is 5.81. The van der Waals surface area contributed by atoms with E-state index in [1.165, 1.54) is 0 Å². The van der Waals surface area contributed by atoms with Crippen LogP contribution >= 0.6 is 27.5 Å². The summed E-state index contributed by atoms with van der Waals surface area (Å²) in [6, 6.07) is 5.40. The van der Waals surface area contributed by atoms with Crippen LogP contribution in [0.2, 0.25) is 5.02 Å². The van der Waals surface area contributed by atoms with Gasteiger partial charge in [0.05, 0.1) is 13.3 Å². The molecule has 0 radical (unpaired) electrons. The molecule has 4 heteroatoms. The van der Waals surface area contributed by atoms with Gasteiger partial charge >= 0.3 is 0 Å². The first-order chi connectivity index (χ1) is 6.77. The van der Waals surface area contributed by atoms with Crippen LogP contribution in [0.25, 0.3) is 0 Å². The summed E-state index contributed by atoms with van der Waals surface area (Å²) < 4.78 is 17.2. The Morgan fingerprint density at radius 1 is 1.43 bits per heavy atom. The van der Waals surface area contributed by atoms with E-state index in [4.69, 9.17) is 16.3 Å². The van der Waals surface area contributed by atoms with Crippen molar-refractivity contribution in [3.05, 3.63) is 28.8 Å². The van der Waals surface area contributed by atoms with Crippen LogP contribution in [-0.2, 0) is 5.33 Å². The van der Waals surface area contributed by atoms with Crippen molar-refractivity contribution in [1.82, 2.24) is 0 Å². The van der Waals surface area contributed by atoms with Crippen molar-refractivity contribution < 1.29 is 9.13 Å². The lowest BCUT2D eigenvalue weighted by molar-refractivity contribution is 0.288. The summed E-state index contributed by atoms with van der Waals surface area (Å²) in [7, 11) is 0. The van der Waals surface area contributed by atoms with E-state index in [1.54, 1.807) is 12.1 Å². The van der Waals surface area contributed by atoms with E-state index in [-0.39, 0.29) is 6.67 Å². The zero-order chi connectivity index (χ0) is 10.4. The summed E-state index contributed by atoms with van der Waals surface area (Å²) in [5.74, 6) is 0.764. The number of benzene rings is 1. The highest BCUT2D eigenvalue weighted by Crippen LogP contribution is 2.24. The van der Waals surface area contributed by atoms with E-state index in [2.05, 4.69) is 15.9 Å². The van der Waals surface area contributed by atoms with Gasteiger partial charge < -0.3 is 4.74 Å².